The highest BCUT2D eigenvalue weighted by Crippen LogP contribution is 2.70. The largest absolute Gasteiger partial charge is 0.340 e. The van der Waals surface area contributed by atoms with E-state index in [0.717, 1.165) is 25.7 Å². The number of amides is 2. The Morgan fingerprint density at radius 1 is 1.07 bits per heavy atom. The minimum atomic E-state index is -2.94. The van der Waals surface area contributed by atoms with Crippen molar-refractivity contribution in [3.05, 3.63) is 35.0 Å². The lowest BCUT2D eigenvalue weighted by Crippen LogP contribution is -2.71. The van der Waals surface area contributed by atoms with Crippen LogP contribution in [0.4, 0.5) is 13.2 Å². The molecule has 0 spiro atoms. The Bertz CT molecular complexity index is 1560. The Morgan fingerprint density at radius 3 is 2.40 bits per heavy atom. The van der Waals surface area contributed by atoms with E-state index in [9.17, 15) is 22.8 Å². The van der Waals surface area contributed by atoms with E-state index in [1.807, 2.05) is 0 Å². The first-order chi connectivity index (χ1) is 20.0. The number of imidazole rings is 1. The van der Waals surface area contributed by atoms with Crippen LogP contribution in [0, 0.1) is 30.1 Å². The number of halogens is 3. The van der Waals surface area contributed by atoms with Crippen molar-refractivity contribution in [2.24, 2.45) is 23.2 Å². The number of pyridine rings is 1. The lowest BCUT2D eigenvalue weighted by molar-refractivity contribution is -0.227. The van der Waals surface area contributed by atoms with Crippen LogP contribution in [-0.2, 0) is 4.79 Å². The van der Waals surface area contributed by atoms with Gasteiger partial charge in [-0.3, -0.25) is 9.59 Å². The van der Waals surface area contributed by atoms with Gasteiger partial charge in [-0.15, -0.1) is 0 Å². The van der Waals surface area contributed by atoms with Gasteiger partial charge in [0.25, 0.3) is 11.8 Å². The molecule has 0 radical (unpaired) electrons. The highest BCUT2D eigenvalue weighted by Gasteiger charge is 2.74. The first kappa shape index (κ1) is 26.1. The molecule has 13 heteroatoms. The van der Waals surface area contributed by atoms with Crippen molar-refractivity contribution in [3.63, 3.8) is 0 Å². The van der Waals surface area contributed by atoms with Gasteiger partial charge in [0.1, 0.15) is 17.2 Å². The lowest BCUT2D eigenvalue weighted by atomic mass is 9.41. The molecule has 10 nitrogen and oxygen atoms in total. The third kappa shape index (κ3) is 4.21. The number of aryl methyl sites for hydroxylation is 1. The average molecular weight is 584 g/mol. The molecule has 3 aromatic rings. The van der Waals surface area contributed by atoms with Crippen LogP contribution >= 0.6 is 0 Å². The first-order valence-corrected chi connectivity index (χ1v) is 14.9. The fourth-order valence-corrected chi connectivity index (χ4v) is 7.78. The number of H-pyrrole nitrogens is 1. The van der Waals surface area contributed by atoms with Gasteiger partial charge in [0, 0.05) is 19.4 Å². The summed E-state index contributed by atoms with van der Waals surface area (Å²) < 4.78 is 48.3. The Hall–Kier alpha value is -3.51. The van der Waals surface area contributed by atoms with Crippen molar-refractivity contribution in [1.82, 2.24) is 35.5 Å². The number of nitrogens with one attached hydrogen (secondary N) is 2. The van der Waals surface area contributed by atoms with Gasteiger partial charge >= 0.3 is 0 Å². The number of carbonyl (C=O) groups is 2. The number of carbonyl (C=O) groups excluding carboxylic acids is 2. The number of aromatic nitrogens is 5. The molecular formula is C29H32F3N7O3. The maximum Gasteiger partial charge on any atom is 0.276 e. The molecule has 1 aliphatic heterocycles. The maximum atomic E-state index is 14.7. The van der Waals surface area contributed by atoms with Crippen molar-refractivity contribution in [3.8, 4) is 0 Å². The zero-order valence-electron chi connectivity index (χ0n) is 23.2. The van der Waals surface area contributed by atoms with Gasteiger partial charge in [-0.2, -0.15) is 0 Å². The predicted octanol–water partition coefficient (Wildman–Crippen LogP) is 4.75. The Kier molecular flexibility index (Phi) is 5.45. The number of alkyl halides is 3. The van der Waals surface area contributed by atoms with E-state index in [4.69, 9.17) is 9.61 Å². The first-order valence-electron chi connectivity index (χ1n) is 14.9. The second-order valence-corrected chi connectivity index (χ2v) is 13.4. The number of hydrogen-bond acceptors (Lipinski definition) is 7. The van der Waals surface area contributed by atoms with E-state index in [2.05, 4.69) is 25.6 Å². The molecule has 0 aromatic carbocycles. The fourth-order valence-electron chi connectivity index (χ4n) is 7.78. The molecule has 42 heavy (non-hydrogen) atoms. The lowest BCUT2D eigenvalue weighted by Gasteiger charge is -2.65. The monoisotopic (exact) mass is 583 g/mol. The van der Waals surface area contributed by atoms with Gasteiger partial charge in [0.15, 0.2) is 11.3 Å². The predicted molar refractivity (Wildman–Crippen MR) is 141 cm³/mol. The molecular weight excluding hydrogens is 551 g/mol. The van der Waals surface area contributed by atoms with Crippen molar-refractivity contribution >= 4 is 23.0 Å². The van der Waals surface area contributed by atoms with Crippen molar-refractivity contribution < 1.29 is 27.4 Å². The van der Waals surface area contributed by atoms with Gasteiger partial charge in [0.2, 0.25) is 5.91 Å². The summed E-state index contributed by atoms with van der Waals surface area (Å²) >= 11 is 0. The summed E-state index contributed by atoms with van der Waals surface area (Å²) in [7, 11) is 0. The highest BCUT2D eigenvalue weighted by atomic mass is 19.3. The molecule has 3 aromatic heterocycles. The minimum absolute atomic E-state index is 0.0993. The van der Waals surface area contributed by atoms with Crippen LogP contribution in [0.5, 0.6) is 0 Å². The van der Waals surface area contributed by atoms with Crippen LogP contribution in [0.2, 0.25) is 0 Å². The molecule has 6 aliphatic rings. The number of aromatic amines is 1. The van der Waals surface area contributed by atoms with E-state index in [0.29, 0.717) is 40.2 Å². The van der Waals surface area contributed by atoms with Crippen LogP contribution in [-0.4, -0.2) is 60.1 Å². The maximum absolute atomic E-state index is 14.7. The molecule has 2 N–H and O–H groups in total. The summed E-state index contributed by atoms with van der Waals surface area (Å²) in [5, 5.41) is 10.6. The zero-order chi connectivity index (χ0) is 29.0. The van der Waals surface area contributed by atoms with Crippen LogP contribution in [0.3, 0.4) is 0 Å². The third-order valence-corrected chi connectivity index (χ3v) is 10.2. The molecule has 4 heterocycles. The SMILES string of the molecule is Cc1nonc1C(=O)NC(c1nc2nc([C@@H]3CC(F)(F)CCN3C(=O)C34CC(F)(C3)C4)ccc2[nH]1)C(C1CC1)C1CC1. The van der Waals surface area contributed by atoms with Gasteiger partial charge in [-0.1, -0.05) is 5.16 Å². The van der Waals surface area contributed by atoms with Gasteiger partial charge in [0.05, 0.1) is 28.7 Å². The van der Waals surface area contributed by atoms with E-state index < -0.39 is 47.8 Å². The Labute approximate surface area is 239 Å². The van der Waals surface area contributed by atoms with Gasteiger partial charge in [-0.05, 0) is 86.9 Å². The molecule has 6 fully saturated rings. The zero-order valence-corrected chi connectivity index (χ0v) is 23.2. The Balaban J connectivity index is 1.12. The van der Waals surface area contributed by atoms with Crippen molar-refractivity contribution in [2.75, 3.05) is 6.54 Å². The number of nitrogens with zero attached hydrogens (tertiary/aromatic N) is 5. The molecule has 5 saturated carbocycles. The second-order valence-electron chi connectivity index (χ2n) is 13.4. The number of piperidine rings is 1. The molecule has 2 atom stereocenters. The minimum Gasteiger partial charge on any atom is -0.340 e. The van der Waals surface area contributed by atoms with E-state index in [1.54, 1.807) is 19.1 Å². The standard InChI is InChI=1S/C29H32F3N7O3/c1-14-21(38-42-37-14)25(40)35-22(20(15-2-3-15)16-4-5-16)24-34-18-7-6-17(33-23(18)36-24)19-10-29(31,32)8-9-39(19)26(41)27-11-28(30,12-27)13-27/h6-7,15-16,19-20,22H,2-5,8-13H2,1H3,(H,35,40)(H,33,34,36)/t19-,22?,27?,28?/m0/s1. The summed E-state index contributed by atoms with van der Waals surface area (Å²) in [6.07, 6.45) is 3.91. The molecule has 2 bridgehead atoms. The quantitative estimate of drug-likeness (QED) is 0.392. The summed E-state index contributed by atoms with van der Waals surface area (Å²) in [4.78, 5) is 41.0. The van der Waals surface area contributed by atoms with Crippen LogP contribution in [0.1, 0.15) is 97.6 Å². The molecule has 1 saturated heterocycles. The second kappa shape index (κ2) is 8.76. The molecule has 5 aliphatic carbocycles. The molecule has 9 rings (SSSR count). The normalized spacial score (nSPS) is 30.6. The van der Waals surface area contributed by atoms with Crippen LogP contribution in [0.25, 0.3) is 11.2 Å². The topological polar surface area (TPSA) is 130 Å². The molecule has 1 unspecified atom stereocenters. The molecule has 2 amide bonds. The average Bonchev–Trinajstić information content (AvgIpc) is 3.84. The van der Waals surface area contributed by atoms with E-state index in [-0.39, 0.29) is 43.3 Å². The van der Waals surface area contributed by atoms with E-state index >= 15 is 0 Å². The number of rotatable bonds is 8. The van der Waals surface area contributed by atoms with Gasteiger partial charge in [-0.25, -0.2) is 27.8 Å². The van der Waals surface area contributed by atoms with E-state index in [1.165, 1.54) is 4.90 Å². The third-order valence-electron chi connectivity index (χ3n) is 10.2. The van der Waals surface area contributed by atoms with Crippen LogP contribution < -0.4 is 5.32 Å². The van der Waals surface area contributed by atoms with Crippen molar-refractivity contribution in [2.45, 2.75) is 88.4 Å². The summed E-state index contributed by atoms with van der Waals surface area (Å²) in [6.45, 7) is 1.55. The summed E-state index contributed by atoms with van der Waals surface area (Å²) in [6, 6.07) is 2.04. The molecule has 222 valence electrons. The fraction of sp³-hybridized carbons (Fsp3) is 0.655. The number of likely N-dealkylation sites (tertiary alicyclic amines) is 1. The van der Waals surface area contributed by atoms with Crippen LogP contribution in [0.15, 0.2) is 16.8 Å². The summed E-state index contributed by atoms with van der Waals surface area (Å²) in [5.74, 6) is -1.91. The van der Waals surface area contributed by atoms with Gasteiger partial charge < -0.3 is 15.2 Å². The smallest absolute Gasteiger partial charge is 0.276 e. The highest BCUT2D eigenvalue weighted by molar-refractivity contribution is 5.93. The number of hydrogen-bond donors (Lipinski definition) is 2. The Morgan fingerprint density at radius 2 is 1.79 bits per heavy atom. The summed E-state index contributed by atoms with van der Waals surface area (Å²) in [5.41, 5.74) is -0.236. The van der Waals surface area contributed by atoms with Crippen molar-refractivity contribution in [1.29, 1.82) is 0 Å². The number of fused-ring (bicyclic) bond motifs is 1.